The van der Waals surface area contributed by atoms with Gasteiger partial charge in [-0.1, -0.05) is 24.3 Å². The van der Waals surface area contributed by atoms with E-state index in [4.69, 9.17) is 4.74 Å². The Kier molecular flexibility index (Phi) is 4.94. The zero-order valence-electron chi connectivity index (χ0n) is 11.2. The van der Waals surface area contributed by atoms with E-state index in [0.717, 1.165) is 19.4 Å². The van der Waals surface area contributed by atoms with E-state index in [1.54, 1.807) is 0 Å². The molecule has 0 aromatic heterocycles. The first kappa shape index (κ1) is 13.3. The number of hydrogen-bond donors (Lipinski definition) is 0. The lowest BCUT2D eigenvalue weighted by atomic mass is 10.00. The van der Waals surface area contributed by atoms with Gasteiger partial charge >= 0.3 is 0 Å². The van der Waals surface area contributed by atoms with Gasteiger partial charge in [0, 0.05) is 19.4 Å². The number of Topliss-reactive ketones (excluding diaryl/α,β-unsaturated/α-hetero) is 1. The van der Waals surface area contributed by atoms with Gasteiger partial charge in [-0.15, -0.1) is 0 Å². The van der Waals surface area contributed by atoms with Crippen molar-refractivity contribution in [1.29, 1.82) is 0 Å². The summed E-state index contributed by atoms with van der Waals surface area (Å²) in [5, 5.41) is 0. The summed E-state index contributed by atoms with van der Waals surface area (Å²) in [6.07, 6.45) is 6.05. The van der Waals surface area contributed by atoms with Gasteiger partial charge in [0.15, 0.2) is 0 Å². The highest BCUT2D eigenvalue weighted by Crippen LogP contribution is 2.18. The molecule has 98 valence electrons. The molecule has 0 spiro atoms. The van der Waals surface area contributed by atoms with E-state index < -0.39 is 0 Å². The molecule has 1 aromatic rings. The van der Waals surface area contributed by atoms with Crippen molar-refractivity contribution in [2.24, 2.45) is 0 Å². The molecule has 1 heterocycles. The van der Waals surface area contributed by atoms with E-state index in [0.29, 0.717) is 24.7 Å². The Hall–Kier alpha value is -1.15. The average molecular weight is 246 g/mol. The standard InChI is InChI=1S/C16H22O2/c1-13-6-2-3-7-14(13)12-15(17)8-4-9-16-10-5-11-18-16/h2-3,6-7,16H,4-5,8-12H2,1H3. The summed E-state index contributed by atoms with van der Waals surface area (Å²) in [7, 11) is 0. The molecule has 1 aromatic carbocycles. The molecule has 0 radical (unpaired) electrons. The summed E-state index contributed by atoms with van der Waals surface area (Å²) in [5.41, 5.74) is 2.38. The molecule has 1 fully saturated rings. The number of rotatable bonds is 6. The average Bonchev–Trinajstić information content (AvgIpc) is 2.85. The fourth-order valence-electron chi connectivity index (χ4n) is 2.51. The molecule has 0 N–H and O–H groups in total. The first-order chi connectivity index (χ1) is 8.75. The quantitative estimate of drug-likeness (QED) is 0.768. The molecule has 0 bridgehead atoms. The number of ether oxygens (including phenoxy) is 1. The lowest BCUT2D eigenvalue weighted by Gasteiger charge is -2.08. The van der Waals surface area contributed by atoms with Gasteiger partial charge in [0.05, 0.1) is 6.10 Å². The topological polar surface area (TPSA) is 26.3 Å². The van der Waals surface area contributed by atoms with Gasteiger partial charge in [-0.3, -0.25) is 4.79 Å². The highest BCUT2D eigenvalue weighted by molar-refractivity contribution is 5.81. The van der Waals surface area contributed by atoms with Crippen molar-refractivity contribution < 1.29 is 9.53 Å². The molecule has 1 saturated heterocycles. The van der Waals surface area contributed by atoms with Crippen molar-refractivity contribution >= 4 is 5.78 Å². The molecule has 1 aliphatic rings. The third kappa shape index (κ3) is 3.95. The van der Waals surface area contributed by atoms with E-state index in [1.807, 2.05) is 18.2 Å². The SMILES string of the molecule is Cc1ccccc1CC(=O)CCCC1CCCO1. The van der Waals surface area contributed by atoms with Crippen LogP contribution in [0, 0.1) is 6.92 Å². The van der Waals surface area contributed by atoms with Crippen LogP contribution in [0.1, 0.15) is 43.2 Å². The van der Waals surface area contributed by atoms with Gasteiger partial charge in [-0.25, -0.2) is 0 Å². The Morgan fingerprint density at radius 1 is 1.39 bits per heavy atom. The minimum absolute atomic E-state index is 0.349. The predicted molar refractivity (Wildman–Crippen MR) is 72.7 cm³/mol. The number of carbonyl (C=O) groups excluding carboxylic acids is 1. The summed E-state index contributed by atoms with van der Waals surface area (Å²) in [4.78, 5) is 11.9. The second kappa shape index (κ2) is 6.69. The molecule has 1 atom stereocenters. The molecule has 1 aliphatic heterocycles. The summed E-state index contributed by atoms with van der Waals surface area (Å²) in [6, 6.07) is 8.13. The van der Waals surface area contributed by atoms with Crippen LogP contribution in [0.2, 0.25) is 0 Å². The summed E-state index contributed by atoms with van der Waals surface area (Å²) < 4.78 is 5.56. The summed E-state index contributed by atoms with van der Waals surface area (Å²) in [6.45, 7) is 2.97. The number of hydrogen-bond acceptors (Lipinski definition) is 2. The maximum atomic E-state index is 11.9. The van der Waals surface area contributed by atoms with Crippen molar-refractivity contribution in [1.82, 2.24) is 0 Å². The van der Waals surface area contributed by atoms with Crippen molar-refractivity contribution in [3.8, 4) is 0 Å². The molecular formula is C16H22O2. The normalized spacial score (nSPS) is 19.1. The predicted octanol–water partition coefficient (Wildman–Crippen LogP) is 3.46. The molecule has 2 nitrogen and oxygen atoms in total. The van der Waals surface area contributed by atoms with Crippen LogP contribution in [0.4, 0.5) is 0 Å². The maximum Gasteiger partial charge on any atom is 0.137 e. The van der Waals surface area contributed by atoms with Gasteiger partial charge in [-0.05, 0) is 43.7 Å². The van der Waals surface area contributed by atoms with Crippen LogP contribution in [-0.4, -0.2) is 18.5 Å². The summed E-state index contributed by atoms with van der Waals surface area (Å²) in [5.74, 6) is 0.349. The molecule has 0 saturated carbocycles. The Labute approximate surface area is 109 Å². The largest absolute Gasteiger partial charge is 0.378 e. The molecule has 18 heavy (non-hydrogen) atoms. The van der Waals surface area contributed by atoms with Crippen LogP contribution in [0.5, 0.6) is 0 Å². The number of aryl methyl sites for hydroxylation is 1. The van der Waals surface area contributed by atoms with E-state index in [-0.39, 0.29) is 0 Å². The van der Waals surface area contributed by atoms with Crippen LogP contribution in [0.15, 0.2) is 24.3 Å². The molecule has 1 unspecified atom stereocenters. The Bertz CT molecular complexity index is 392. The van der Waals surface area contributed by atoms with Crippen LogP contribution in [-0.2, 0) is 16.0 Å². The zero-order valence-corrected chi connectivity index (χ0v) is 11.2. The van der Waals surface area contributed by atoms with Gasteiger partial charge in [0.2, 0.25) is 0 Å². The van der Waals surface area contributed by atoms with Crippen LogP contribution < -0.4 is 0 Å². The molecule has 0 amide bonds. The third-order valence-electron chi connectivity index (χ3n) is 3.65. The minimum atomic E-state index is 0.349. The lowest BCUT2D eigenvalue weighted by Crippen LogP contribution is -2.08. The molecule has 0 aliphatic carbocycles. The van der Waals surface area contributed by atoms with Crippen LogP contribution >= 0.6 is 0 Å². The number of carbonyl (C=O) groups is 1. The summed E-state index contributed by atoms with van der Waals surface area (Å²) >= 11 is 0. The molecule has 2 heteroatoms. The fraction of sp³-hybridized carbons (Fsp3) is 0.562. The van der Waals surface area contributed by atoms with E-state index in [2.05, 4.69) is 13.0 Å². The number of ketones is 1. The van der Waals surface area contributed by atoms with Crippen molar-refractivity contribution in [3.05, 3.63) is 35.4 Å². The van der Waals surface area contributed by atoms with Crippen molar-refractivity contribution in [2.75, 3.05) is 6.61 Å². The van der Waals surface area contributed by atoms with Crippen molar-refractivity contribution in [3.63, 3.8) is 0 Å². The zero-order chi connectivity index (χ0) is 12.8. The van der Waals surface area contributed by atoms with Crippen LogP contribution in [0.25, 0.3) is 0 Å². The smallest absolute Gasteiger partial charge is 0.137 e. The second-order valence-corrected chi connectivity index (χ2v) is 5.17. The van der Waals surface area contributed by atoms with E-state index in [1.165, 1.54) is 24.0 Å². The Morgan fingerprint density at radius 3 is 2.94 bits per heavy atom. The second-order valence-electron chi connectivity index (χ2n) is 5.17. The van der Waals surface area contributed by atoms with Gasteiger partial charge < -0.3 is 4.74 Å². The van der Waals surface area contributed by atoms with Crippen LogP contribution in [0.3, 0.4) is 0 Å². The Morgan fingerprint density at radius 2 is 2.22 bits per heavy atom. The maximum absolute atomic E-state index is 11.9. The number of benzene rings is 1. The van der Waals surface area contributed by atoms with Gasteiger partial charge in [0.25, 0.3) is 0 Å². The van der Waals surface area contributed by atoms with Gasteiger partial charge in [-0.2, -0.15) is 0 Å². The minimum Gasteiger partial charge on any atom is -0.378 e. The van der Waals surface area contributed by atoms with E-state index in [9.17, 15) is 4.79 Å². The molecule has 2 rings (SSSR count). The Balaban J connectivity index is 1.70. The monoisotopic (exact) mass is 246 g/mol. The highest BCUT2D eigenvalue weighted by Gasteiger charge is 2.15. The first-order valence-corrected chi connectivity index (χ1v) is 6.93. The fourth-order valence-corrected chi connectivity index (χ4v) is 2.51. The van der Waals surface area contributed by atoms with E-state index >= 15 is 0 Å². The highest BCUT2D eigenvalue weighted by atomic mass is 16.5. The van der Waals surface area contributed by atoms with Crippen molar-refractivity contribution in [2.45, 2.75) is 51.6 Å². The third-order valence-corrected chi connectivity index (χ3v) is 3.65. The first-order valence-electron chi connectivity index (χ1n) is 6.93. The van der Waals surface area contributed by atoms with Gasteiger partial charge in [0.1, 0.15) is 5.78 Å². The molecular weight excluding hydrogens is 224 g/mol. The lowest BCUT2D eigenvalue weighted by molar-refractivity contribution is -0.118.